The summed E-state index contributed by atoms with van der Waals surface area (Å²) in [7, 11) is 1.61. The van der Waals surface area contributed by atoms with Gasteiger partial charge in [-0.05, 0) is 73.5 Å². The first kappa shape index (κ1) is 20.1. The maximum Gasteiger partial charge on any atom is 0.289 e. The molecule has 0 aliphatic heterocycles. The second kappa shape index (κ2) is 9.54. The summed E-state index contributed by atoms with van der Waals surface area (Å²) < 4.78 is 10.7. The number of nitrogens with zero attached hydrogens (tertiary/aromatic N) is 2. The molecule has 0 saturated carbocycles. The minimum atomic E-state index is -0.362. The lowest BCUT2D eigenvalue weighted by Crippen LogP contribution is -2.19. The summed E-state index contributed by atoms with van der Waals surface area (Å²) in [5.41, 5.74) is 6.02. The van der Waals surface area contributed by atoms with Gasteiger partial charge in [-0.3, -0.25) is 9.89 Å². The van der Waals surface area contributed by atoms with Gasteiger partial charge in [0.2, 0.25) is 0 Å². The van der Waals surface area contributed by atoms with Gasteiger partial charge >= 0.3 is 0 Å². The van der Waals surface area contributed by atoms with Crippen molar-refractivity contribution < 1.29 is 14.3 Å². The Morgan fingerprint density at radius 2 is 1.79 bits per heavy atom. The van der Waals surface area contributed by atoms with Crippen molar-refractivity contribution in [2.45, 2.75) is 20.3 Å². The first-order valence-corrected chi connectivity index (χ1v) is 9.38. The number of ether oxygens (including phenoxy) is 2. The maximum absolute atomic E-state index is 12.4. The lowest BCUT2D eigenvalue weighted by atomic mass is 10.1. The fourth-order valence-electron chi connectivity index (χ4n) is 2.62. The largest absolute Gasteiger partial charge is 0.497 e. The van der Waals surface area contributed by atoms with E-state index in [4.69, 9.17) is 9.47 Å². The topological polar surface area (TPSA) is 88.6 Å². The smallest absolute Gasteiger partial charge is 0.289 e. The Balaban J connectivity index is 1.64. The fourth-order valence-corrected chi connectivity index (χ4v) is 2.62. The summed E-state index contributed by atoms with van der Waals surface area (Å²) in [4.78, 5) is 12.4. The van der Waals surface area contributed by atoms with E-state index in [1.807, 2.05) is 55.5 Å². The Morgan fingerprint density at radius 1 is 1.10 bits per heavy atom. The molecule has 0 atom stereocenters. The number of H-pyrrole nitrogens is 1. The van der Waals surface area contributed by atoms with E-state index >= 15 is 0 Å². The molecule has 1 amide bonds. The van der Waals surface area contributed by atoms with Crippen LogP contribution in [0.1, 0.15) is 36.3 Å². The van der Waals surface area contributed by atoms with Crippen LogP contribution in [-0.4, -0.2) is 35.5 Å². The fraction of sp³-hybridized carbons (Fsp3) is 0.227. The summed E-state index contributed by atoms with van der Waals surface area (Å²) in [6, 6.07) is 16.7. The zero-order valence-corrected chi connectivity index (χ0v) is 16.7. The molecule has 1 aromatic heterocycles. The number of hydrazone groups is 1. The molecule has 2 N–H and O–H groups in total. The van der Waals surface area contributed by atoms with E-state index in [-0.39, 0.29) is 5.91 Å². The molecule has 0 radical (unpaired) electrons. The zero-order chi connectivity index (χ0) is 20.6. The number of amides is 1. The normalized spacial score (nSPS) is 11.2. The van der Waals surface area contributed by atoms with Crippen molar-refractivity contribution >= 4 is 11.6 Å². The van der Waals surface area contributed by atoms with Crippen molar-refractivity contribution in [1.29, 1.82) is 0 Å². The monoisotopic (exact) mass is 392 g/mol. The van der Waals surface area contributed by atoms with Gasteiger partial charge in [-0.15, -0.1) is 0 Å². The Kier molecular flexibility index (Phi) is 6.63. The van der Waals surface area contributed by atoms with E-state index < -0.39 is 0 Å². The summed E-state index contributed by atoms with van der Waals surface area (Å²) in [6.45, 7) is 4.57. The van der Waals surface area contributed by atoms with Crippen LogP contribution in [0.4, 0.5) is 0 Å². The lowest BCUT2D eigenvalue weighted by Gasteiger charge is -2.04. The van der Waals surface area contributed by atoms with Gasteiger partial charge in [-0.1, -0.05) is 6.92 Å². The number of methoxy groups -OCH3 is 1. The number of aromatic amines is 1. The molecule has 1 heterocycles. The highest BCUT2D eigenvalue weighted by Gasteiger charge is 2.11. The minimum Gasteiger partial charge on any atom is -0.497 e. The molecule has 0 aliphatic carbocycles. The molecule has 0 unspecified atom stereocenters. The predicted octanol–water partition coefficient (Wildman–Crippen LogP) is 4.03. The molecule has 0 spiro atoms. The first-order chi connectivity index (χ1) is 14.1. The summed E-state index contributed by atoms with van der Waals surface area (Å²) in [6.07, 6.45) is 0.958. The summed E-state index contributed by atoms with van der Waals surface area (Å²) in [5, 5.41) is 11.1. The molecule has 0 bridgehead atoms. The third kappa shape index (κ3) is 5.22. The molecule has 2 aromatic carbocycles. The van der Waals surface area contributed by atoms with Crippen LogP contribution >= 0.6 is 0 Å². The van der Waals surface area contributed by atoms with Crippen molar-refractivity contribution in [2.75, 3.05) is 13.7 Å². The standard InChI is InChI=1S/C22H24N4O3/c1-4-13-29-19-11-7-17(8-12-19)20-14-21(25-24-20)22(27)26-23-15(2)16-5-9-18(28-3)10-6-16/h5-12,14H,4,13H2,1-3H3,(H,24,25)(H,26,27)/b23-15+. The molecule has 7 nitrogen and oxygen atoms in total. The highest BCUT2D eigenvalue weighted by Crippen LogP contribution is 2.21. The van der Waals surface area contributed by atoms with E-state index in [0.717, 1.165) is 29.0 Å². The number of benzene rings is 2. The van der Waals surface area contributed by atoms with Crippen LogP contribution in [0.2, 0.25) is 0 Å². The molecular formula is C22H24N4O3. The number of carbonyl (C=O) groups is 1. The van der Waals surface area contributed by atoms with Gasteiger partial charge in [0.1, 0.15) is 17.2 Å². The Hall–Kier alpha value is -3.61. The number of rotatable bonds is 8. The average molecular weight is 392 g/mol. The van der Waals surface area contributed by atoms with Crippen molar-refractivity contribution in [1.82, 2.24) is 15.6 Å². The number of hydrogen-bond acceptors (Lipinski definition) is 5. The molecule has 3 aromatic rings. The highest BCUT2D eigenvalue weighted by atomic mass is 16.5. The molecular weight excluding hydrogens is 368 g/mol. The molecule has 0 aliphatic rings. The minimum absolute atomic E-state index is 0.331. The number of aromatic nitrogens is 2. The second-order valence-electron chi connectivity index (χ2n) is 6.41. The number of hydrogen-bond donors (Lipinski definition) is 2. The van der Waals surface area contributed by atoms with Crippen molar-refractivity contribution in [3.63, 3.8) is 0 Å². The van der Waals surface area contributed by atoms with Crippen molar-refractivity contribution in [3.05, 3.63) is 65.9 Å². The van der Waals surface area contributed by atoms with E-state index in [2.05, 4.69) is 27.6 Å². The van der Waals surface area contributed by atoms with Crippen LogP contribution in [0.5, 0.6) is 11.5 Å². The first-order valence-electron chi connectivity index (χ1n) is 9.38. The van der Waals surface area contributed by atoms with Crippen molar-refractivity contribution in [3.8, 4) is 22.8 Å². The third-order valence-electron chi connectivity index (χ3n) is 4.28. The summed E-state index contributed by atoms with van der Waals surface area (Å²) >= 11 is 0. The predicted molar refractivity (Wildman–Crippen MR) is 112 cm³/mol. The van der Waals surface area contributed by atoms with Crippen LogP contribution in [0.3, 0.4) is 0 Å². The Morgan fingerprint density at radius 3 is 2.45 bits per heavy atom. The van der Waals surface area contributed by atoms with Crippen LogP contribution in [0, 0.1) is 0 Å². The quantitative estimate of drug-likeness (QED) is 0.447. The van der Waals surface area contributed by atoms with Gasteiger partial charge in [0.25, 0.3) is 5.91 Å². The Labute approximate surface area is 169 Å². The van der Waals surface area contributed by atoms with Crippen LogP contribution in [0.25, 0.3) is 11.3 Å². The molecule has 7 heteroatoms. The van der Waals surface area contributed by atoms with E-state index in [9.17, 15) is 4.79 Å². The molecule has 29 heavy (non-hydrogen) atoms. The molecule has 0 fully saturated rings. The second-order valence-corrected chi connectivity index (χ2v) is 6.41. The van der Waals surface area contributed by atoms with E-state index in [0.29, 0.717) is 23.7 Å². The molecule has 3 rings (SSSR count). The lowest BCUT2D eigenvalue weighted by molar-refractivity contribution is 0.0950. The van der Waals surface area contributed by atoms with Gasteiger partial charge in [-0.25, -0.2) is 5.43 Å². The third-order valence-corrected chi connectivity index (χ3v) is 4.28. The molecule has 0 saturated heterocycles. The van der Waals surface area contributed by atoms with Gasteiger partial charge in [0.05, 0.1) is 25.1 Å². The van der Waals surface area contributed by atoms with Gasteiger partial charge in [0.15, 0.2) is 0 Å². The highest BCUT2D eigenvalue weighted by molar-refractivity contribution is 6.00. The average Bonchev–Trinajstić information content (AvgIpc) is 3.26. The van der Waals surface area contributed by atoms with Gasteiger partial charge in [-0.2, -0.15) is 10.2 Å². The van der Waals surface area contributed by atoms with Crippen LogP contribution in [-0.2, 0) is 0 Å². The van der Waals surface area contributed by atoms with Crippen molar-refractivity contribution in [2.24, 2.45) is 5.10 Å². The zero-order valence-electron chi connectivity index (χ0n) is 16.7. The van der Waals surface area contributed by atoms with Crippen LogP contribution < -0.4 is 14.9 Å². The molecule has 150 valence electrons. The van der Waals surface area contributed by atoms with Crippen LogP contribution in [0.15, 0.2) is 59.7 Å². The Bertz CT molecular complexity index is 976. The van der Waals surface area contributed by atoms with Gasteiger partial charge < -0.3 is 9.47 Å². The maximum atomic E-state index is 12.4. The summed E-state index contributed by atoms with van der Waals surface area (Å²) in [5.74, 6) is 1.22. The van der Waals surface area contributed by atoms with Gasteiger partial charge in [0, 0.05) is 5.56 Å². The SMILES string of the molecule is CCCOc1ccc(-c2cc(C(=O)N/N=C(\C)c3ccc(OC)cc3)[nH]n2)cc1. The van der Waals surface area contributed by atoms with E-state index in [1.165, 1.54) is 0 Å². The number of carbonyl (C=O) groups excluding carboxylic acids is 1. The number of nitrogens with one attached hydrogen (secondary N) is 2. The van der Waals surface area contributed by atoms with E-state index in [1.54, 1.807) is 13.2 Å².